The van der Waals surface area contributed by atoms with E-state index in [9.17, 15) is 9.59 Å². The molecule has 3 aromatic carbocycles. The second-order valence-corrected chi connectivity index (χ2v) is 5.52. The molecule has 26 heavy (non-hydrogen) atoms. The summed E-state index contributed by atoms with van der Waals surface area (Å²) in [5.74, 6) is -0.358. The lowest BCUT2D eigenvalue weighted by Gasteiger charge is -2.08. The van der Waals surface area contributed by atoms with Gasteiger partial charge in [0.05, 0.1) is 11.1 Å². The van der Waals surface area contributed by atoms with Crippen LogP contribution in [-0.4, -0.2) is 17.0 Å². The quantitative estimate of drug-likeness (QED) is 0.662. The number of ether oxygens (including phenoxy) is 2. The first-order chi connectivity index (χ1) is 12.6. The molecule has 0 atom stereocenters. The van der Waals surface area contributed by atoms with Crippen LogP contribution < -0.4 is 4.74 Å². The van der Waals surface area contributed by atoms with Crippen LogP contribution in [-0.2, 0) is 11.3 Å². The Labute approximate surface area is 150 Å². The summed E-state index contributed by atoms with van der Waals surface area (Å²) in [7, 11) is 0. The molecule has 5 heteroatoms. The summed E-state index contributed by atoms with van der Waals surface area (Å²) >= 11 is 0. The van der Waals surface area contributed by atoms with Gasteiger partial charge in [-0.05, 0) is 54.1 Å². The minimum atomic E-state index is -0.991. The van der Waals surface area contributed by atoms with Crippen LogP contribution in [0.5, 0.6) is 11.5 Å². The smallest absolute Gasteiger partial charge is 0.338 e. The molecule has 0 saturated heterocycles. The molecule has 0 radical (unpaired) electrons. The van der Waals surface area contributed by atoms with Crippen molar-refractivity contribution in [2.75, 3.05) is 0 Å². The van der Waals surface area contributed by atoms with Crippen LogP contribution in [0.2, 0.25) is 0 Å². The average molecular weight is 348 g/mol. The predicted molar refractivity (Wildman–Crippen MR) is 95.5 cm³/mol. The Morgan fingerprint density at radius 3 is 1.81 bits per heavy atom. The zero-order chi connectivity index (χ0) is 18.4. The van der Waals surface area contributed by atoms with Crippen molar-refractivity contribution in [1.82, 2.24) is 0 Å². The summed E-state index contributed by atoms with van der Waals surface area (Å²) < 4.78 is 10.9. The third-order valence-electron chi connectivity index (χ3n) is 3.64. The topological polar surface area (TPSA) is 72.8 Å². The standard InChI is InChI=1S/C21H16O5/c22-20(23)16-6-10-18(11-7-16)26-19-12-8-17(9-13-19)21(24)25-14-15-4-2-1-3-5-15/h1-13H,14H2,(H,22,23). The molecule has 0 aromatic heterocycles. The first-order valence-corrected chi connectivity index (χ1v) is 7.94. The van der Waals surface area contributed by atoms with Crippen molar-refractivity contribution in [3.05, 3.63) is 95.6 Å². The van der Waals surface area contributed by atoms with Crippen LogP contribution in [0.3, 0.4) is 0 Å². The van der Waals surface area contributed by atoms with Gasteiger partial charge in [-0.1, -0.05) is 30.3 Å². The molecule has 130 valence electrons. The summed E-state index contributed by atoms with van der Waals surface area (Å²) in [6, 6.07) is 22.1. The highest BCUT2D eigenvalue weighted by Crippen LogP contribution is 2.22. The van der Waals surface area contributed by atoms with Gasteiger partial charge in [0, 0.05) is 0 Å². The molecule has 3 rings (SSSR count). The fourth-order valence-corrected chi connectivity index (χ4v) is 2.27. The van der Waals surface area contributed by atoms with E-state index in [1.54, 1.807) is 36.4 Å². The largest absolute Gasteiger partial charge is 0.478 e. The SMILES string of the molecule is O=C(O)c1ccc(Oc2ccc(C(=O)OCc3ccccc3)cc2)cc1. The van der Waals surface area contributed by atoms with Gasteiger partial charge in [0.15, 0.2) is 0 Å². The van der Waals surface area contributed by atoms with Gasteiger partial charge in [-0.3, -0.25) is 0 Å². The molecule has 0 saturated carbocycles. The molecular formula is C21H16O5. The van der Waals surface area contributed by atoms with Gasteiger partial charge >= 0.3 is 11.9 Å². The van der Waals surface area contributed by atoms with Gasteiger partial charge in [0.2, 0.25) is 0 Å². The van der Waals surface area contributed by atoms with Crippen LogP contribution in [0.4, 0.5) is 0 Å². The number of hydrogen-bond donors (Lipinski definition) is 1. The number of hydrogen-bond acceptors (Lipinski definition) is 4. The molecule has 3 aromatic rings. The normalized spacial score (nSPS) is 10.2. The lowest BCUT2D eigenvalue weighted by molar-refractivity contribution is 0.0472. The Bertz CT molecular complexity index is 884. The van der Waals surface area contributed by atoms with Gasteiger partial charge < -0.3 is 14.6 Å². The van der Waals surface area contributed by atoms with E-state index in [4.69, 9.17) is 14.6 Å². The van der Waals surface area contributed by atoms with Crippen molar-refractivity contribution >= 4 is 11.9 Å². The molecule has 0 aliphatic carbocycles. The fraction of sp³-hybridized carbons (Fsp3) is 0.0476. The summed E-state index contributed by atoms with van der Waals surface area (Å²) in [6.45, 7) is 0.216. The number of carbonyl (C=O) groups excluding carboxylic acids is 1. The van der Waals surface area contributed by atoms with Crippen molar-refractivity contribution in [2.45, 2.75) is 6.61 Å². The van der Waals surface area contributed by atoms with E-state index in [0.717, 1.165) is 5.56 Å². The van der Waals surface area contributed by atoms with Gasteiger partial charge in [0.1, 0.15) is 18.1 Å². The van der Waals surface area contributed by atoms with Gasteiger partial charge in [0.25, 0.3) is 0 Å². The average Bonchev–Trinajstić information content (AvgIpc) is 2.68. The maximum absolute atomic E-state index is 12.1. The highest BCUT2D eigenvalue weighted by molar-refractivity contribution is 5.89. The minimum absolute atomic E-state index is 0.189. The van der Waals surface area contributed by atoms with Crippen molar-refractivity contribution in [3.8, 4) is 11.5 Å². The Kier molecular flexibility index (Phi) is 5.29. The first-order valence-electron chi connectivity index (χ1n) is 7.94. The summed E-state index contributed by atoms with van der Waals surface area (Å²) in [4.78, 5) is 22.9. The minimum Gasteiger partial charge on any atom is -0.478 e. The van der Waals surface area contributed by atoms with E-state index in [-0.39, 0.29) is 12.2 Å². The first kappa shape index (κ1) is 17.2. The van der Waals surface area contributed by atoms with Crippen molar-refractivity contribution in [3.63, 3.8) is 0 Å². The third kappa shape index (κ3) is 4.48. The molecule has 1 N–H and O–H groups in total. The van der Waals surface area contributed by atoms with E-state index >= 15 is 0 Å². The highest BCUT2D eigenvalue weighted by Gasteiger charge is 2.08. The van der Waals surface area contributed by atoms with E-state index in [0.29, 0.717) is 17.1 Å². The Hall–Kier alpha value is -3.60. The van der Waals surface area contributed by atoms with E-state index in [1.807, 2.05) is 30.3 Å². The lowest BCUT2D eigenvalue weighted by atomic mass is 10.2. The fourth-order valence-electron chi connectivity index (χ4n) is 2.27. The van der Waals surface area contributed by atoms with Crippen molar-refractivity contribution in [1.29, 1.82) is 0 Å². The molecule has 0 aliphatic rings. The van der Waals surface area contributed by atoms with E-state index in [2.05, 4.69) is 0 Å². The Balaban J connectivity index is 1.59. The van der Waals surface area contributed by atoms with Crippen molar-refractivity contribution in [2.24, 2.45) is 0 Å². The molecule has 0 fully saturated rings. The summed E-state index contributed by atoms with van der Waals surface area (Å²) in [5.41, 5.74) is 1.54. The number of rotatable bonds is 6. The zero-order valence-electron chi connectivity index (χ0n) is 13.8. The molecule has 0 amide bonds. The number of benzene rings is 3. The van der Waals surface area contributed by atoms with Gasteiger partial charge in [-0.25, -0.2) is 9.59 Å². The molecule has 5 nitrogen and oxygen atoms in total. The van der Waals surface area contributed by atoms with E-state index < -0.39 is 11.9 Å². The molecule has 0 heterocycles. The number of carbonyl (C=O) groups is 2. The summed E-state index contributed by atoms with van der Waals surface area (Å²) in [5, 5.41) is 8.88. The van der Waals surface area contributed by atoms with Crippen LogP contribution in [0.25, 0.3) is 0 Å². The molecule has 0 spiro atoms. The highest BCUT2D eigenvalue weighted by atomic mass is 16.5. The lowest BCUT2D eigenvalue weighted by Crippen LogP contribution is -2.05. The zero-order valence-corrected chi connectivity index (χ0v) is 13.8. The number of carboxylic acid groups (broad SMARTS) is 1. The number of esters is 1. The summed E-state index contributed by atoms with van der Waals surface area (Å²) in [6.07, 6.45) is 0. The van der Waals surface area contributed by atoms with Gasteiger partial charge in [-0.2, -0.15) is 0 Å². The third-order valence-corrected chi connectivity index (χ3v) is 3.64. The predicted octanol–water partition coefficient (Wildman–Crippen LogP) is 4.53. The maximum Gasteiger partial charge on any atom is 0.338 e. The number of aromatic carboxylic acids is 1. The Morgan fingerprint density at radius 1 is 0.731 bits per heavy atom. The van der Waals surface area contributed by atoms with Crippen LogP contribution in [0.15, 0.2) is 78.9 Å². The van der Waals surface area contributed by atoms with Crippen molar-refractivity contribution < 1.29 is 24.2 Å². The molecular weight excluding hydrogens is 332 g/mol. The second kappa shape index (κ2) is 7.98. The second-order valence-electron chi connectivity index (χ2n) is 5.52. The van der Waals surface area contributed by atoms with E-state index in [1.165, 1.54) is 12.1 Å². The van der Waals surface area contributed by atoms with Crippen LogP contribution in [0.1, 0.15) is 26.3 Å². The van der Waals surface area contributed by atoms with Crippen LogP contribution in [0, 0.1) is 0 Å². The molecule has 0 unspecified atom stereocenters. The monoisotopic (exact) mass is 348 g/mol. The van der Waals surface area contributed by atoms with Crippen LogP contribution >= 0.6 is 0 Å². The Morgan fingerprint density at radius 2 is 1.27 bits per heavy atom. The van der Waals surface area contributed by atoms with Gasteiger partial charge in [-0.15, -0.1) is 0 Å². The number of carboxylic acids is 1. The maximum atomic E-state index is 12.1. The molecule has 0 aliphatic heterocycles. The molecule has 0 bridgehead atoms.